The minimum absolute atomic E-state index is 0.146. The molecule has 4 rings (SSSR count). The van der Waals surface area contributed by atoms with Crippen molar-refractivity contribution in [2.45, 2.75) is 44.2 Å². The molecule has 2 aromatic heterocycles. The summed E-state index contributed by atoms with van der Waals surface area (Å²) >= 11 is 0. The Kier molecular flexibility index (Phi) is 4.25. The third-order valence-corrected chi connectivity index (χ3v) is 4.72. The Balaban J connectivity index is 1.37. The second-order valence-corrected chi connectivity index (χ2v) is 6.22. The normalized spacial score (nSPS) is 23.2. The van der Waals surface area contributed by atoms with E-state index in [0.29, 0.717) is 43.4 Å². The highest BCUT2D eigenvalue weighted by Gasteiger charge is 2.38. The summed E-state index contributed by atoms with van der Waals surface area (Å²) in [6.07, 6.45) is 5.98. The molecule has 0 N–H and O–H groups in total. The maximum Gasteiger partial charge on any atom is 0.227 e. The molecule has 126 valence electrons. The average Bonchev–Trinajstić information content (AvgIpc) is 3.29. The van der Waals surface area contributed by atoms with Crippen LogP contribution in [0.3, 0.4) is 0 Å². The summed E-state index contributed by atoms with van der Waals surface area (Å²) in [5.41, 5.74) is 0.667. The molecule has 1 saturated heterocycles. The van der Waals surface area contributed by atoms with Crippen LogP contribution in [0.2, 0.25) is 0 Å². The molecule has 3 heterocycles. The van der Waals surface area contributed by atoms with Crippen molar-refractivity contribution in [2.24, 2.45) is 0 Å². The Morgan fingerprint density at radius 2 is 2.29 bits per heavy atom. The molecule has 1 aliphatic carbocycles. The molecule has 1 aliphatic heterocycles. The highest BCUT2D eigenvalue weighted by atomic mass is 16.5. The number of amides is 1. The van der Waals surface area contributed by atoms with Gasteiger partial charge in [-0.15, -0.1) is 0 Å². The number of ether oxygens (including phenoxy) is 1. The lowest BCUT2D eigenvalue weighted by Crippen LogP contribution is -2.51. The van der Waals surface area contributed by atoms with Crippen LogP contribution < -0.4 is 0 Å². The van der Waals surface area contributed by atoms with Crippen LogP contribution in [0, 0.1) is 0 Å². The van der Waals surface area contributed by atoms with Crippen molar-refractivity contribution in [2.75, 3.05) is 13.2 Å². The highest BCUT2D eigenvalue weighted by molar-refractivity contribution is 5.77. The summed E-state index contributed by atoms with van der Waals surface area (Å²) in [6, 6.07) is 5.78. The third-order valence-electron chi connectivity index (χ3n) is 4.72. The van der Waals surface area contributed by atoms with Crippen molar-refractivity contribution in [1.29, 1.82) is 0 Å². The summed E-state index contributed by atoms with van der Waals surface area (Å²) in [5.74, 6) is 1.08. The molecular formula is C17H20N4O3. The number of rotatable bonds is 4. The number of carbonyl (C=O) groups excluding carboxylic acids is 1. The molecule has 2 fully saturated rings. The second-order valence-electron chi connectivity index (χ2n) is 6.22. The molecular weight excluding hydrogens is 308 g/mol. The maximum absolute atomic E-state index is 12.6. The Bertz CT molecular complexity index is 703. The van der Waals surface area contributed by atoms with Gasteiger partial charge in [0.25, 0.3) is 0 Å². The first-order chi connectivity index (χ1) is 11.8. The van der Waals surface area contributed by atoms with Gasteiger partial charge in [0.2, 0.25) is 17.6 Å². The van der Waals surface area contributed by atoms with Gasteiger partial charge in [0.1, 0.15) is 5.69 Å². The number of aryl methyl sites for hydroxylation is 1. The molecule has 24 heavy (non-hydrogen) atoms. The van der Waals surface area contributed by atoms with E-state index in [9.17, 15) is 4.79 Å². The zero-order chi connectivity index (χ0) is 16.4. The molecule has 7 heteroatoms. The molecule has 1 saturated carbocycles. The van der Waals surface area contributed by atoms with Gasteiger partial charge in [0, 0.05) is 25.6 Å². The standard InChI is InChI=1S/C17H20N4O3/c22-16(21-10-11-23-14-6-3-5-13(14)21)8-7-15-19-17(20-24-15)12-4-1-2-9-18-12/h1-2,4,9,13-14H,3,5-8,10-11H2/t13-,14+/m1/s1. The molecule has 0 radical (unpaired) electrons. The van der Waals surface area contributed by atoms with Gasteiger partial charge < -0.3 is 14.2 Å². The van der Waals surface area contributed by atoms with E-state index < -0.39 is 0 Å². The van der Waals surface area contributed by atoms with Crippen molar-refractivity contribution in [3.8, 4) is 11.5 Å². The maximum atomic E-state index is 12.6. The van der Waals surface area contributed by atoms with E-state index in [-0.39, 0.29) is 18.1 Å². The van der Waals surface area contributed by atoms with E-state index in [0.717, 1.165) is 19.3 Å². The number of morpholine rings is 1. The topological polar surface area (TPSA) is 81.3 Å². The minimum Gasteiger partial charge on any atom is -0.374 e. The van der Waals surface area contributed by atoms with Crippen LogP contribution in [-0.4, -0.2) is 51.2 Å². The molecule has 2 atom stereocenters. The van der Waals surface area contributed by atoms with E-state index >= 15 is 0 Å². The first-order valence-electron chi connectivity index (χ1n) is 8.46. The lowest BCUT2D eigenvalue weighted by molar-refractivity contribution is -0.144. The van der Waals surface area contributed by atoms with E-state index in [1.165, 1.54) is 0 Å². The number of nitrogens with zero attached hydrogens (tertiary/aromatic N) is 4. The summed E-state index contributed by atoms with van der Waals surface area (Å²) < 4.78 is 11.0. The highest BCUT2D eigenvalue weighted by Crippen LogP contribution is 2.30. The molecule has 0 unspecified atom stereocenters. The van der Waals surface area contributed by atoms with Crippen LogP contribution in [0.1, 0.15) is 31.6 Å². The number of fused-ring (bicyclic) bond motifs is 1. The fourth-order valence-corrected chi connectivity index (χ4v) is 3.55. The third kappa shape index (κ3) is 3.03. The van der Waals surface area contributed by atoms with Crippen LogP contribution in [0.5, 0.6) is 0 Å². The Labute approximate surface area is 140 Å². The first-order valence-corrected chi connectivity index (χ1v) is 8.46. The van der Waals surface area contributed by atoms with Gasteiger partial charge in [-0.2, -0.15) is 4.98 Å². The van der Waals surface area contributed by atoms with Gasteiger partial charge in [0.15, 0.2) is 0 Å². The summed E-state index contributed by atoms with van der Waals surface area (Å²) in [5, 5.41) is 3.94. The predicted octanol–water partition coefficient (Wildman–Crippen LogP) is 1.84. The van der Waals surface area contributed by atoms with Crippen molar-refractivity contribution in [1.82, 2.24) is 20.0 Å². The Hall–Kier alpha value is -2.28. The first kappa shape index (κ1) is 15.3. The van der Waals surface area contributed by atoms with Crippen LogP contribution in [0.4, 0.5) is 0 Å². The fourth-order valence-electron chi connectivity index (χ4n) is 3.55. The summed E-state index contributed by atoms with van der Waals surface area (Å²) in [6.45, 7) is 1.32. The number of aromatic nitrogens is 3. The van der Waals surface area contributed by atoms with Gasteiger partial charge >= 0.3 is 0 Å². The van der Waals surface area contributed by atoms with E-state index in [4.69, 9.17) is 9.26 Å². The number of pyridine rings is 1. The monoisotopic (exact) mass is 328 g/mol. The van der Waals surface area contributed by atoms with E-state index in [1.807, 2.05) is 23.1 Å². The van der Waals surface area contributed by atoms with Crippen molar-refractivity contribution in [3.05, 3.63) is 30.3 Å². The average molecular weight is 328 g/mol. The van der Waals surface area contributed by atoms with E-state index in [2.05, 4.69) is 15.1 Å². The number of hydrogen-bond acceptors (Lipinski definition) is 6. The molecule has 2 aliphatic rings. The smallest absolute Gasteiger partial charge is 0.227 e. The molecule has 0 aromatic carbocycles. The summed E-state index contributed by atoms with van der Waals surface area (Å²) in [7, 11) is 0. The number of hydrogen-bond donors (Lipinski definition) is 0. The van der Waals surface area contributed by atoms with Crippen LogP contribution in [0.15, 0.2) is 28.9 Å². The lowest BCUT2D eigenvalue weighted by Gasteiger charge is -2.37. The fraction of sp³-hybridized carbons (Fsp3) is 0.529. The van der Waals surface area contributed by atoms with E-state index in [1.54, 1.807) is 6.20 Å². The van der Waals surface area contributed by atoms with Crippen LogP contribution in [0.25, 0.3) is 11.5 Å². The van der Waals surface area contributed by atoms with Gasteiger partial charge in [-0.3, -0.25) is 9.78 Å². The number of carbonyl (C=O) groups is 1. The zero-order valence-electron chi connectivity index (χ0n) is 13.4. The largest absolute Gasteiger partial charge is 0.374 e. The Morgan fingerprint density at radius 1 is 1.33 bits per heavy atom. The summed E-state index contributed by atoms with van der Waals surface area (Å²) in [4.78, 5) is 23.1. The van der Waals surface area contributed by atoms with Gasteiger partial charge in [-0.1, -0.05) is 11.2 Å². The lowest BCUT2D eigenvalue weighted by atomic mass is 10.1. The van der Waals surface area contributed by atoms with Gasteiger partial charge in [0.05, 0.1) is 18.8 Å². The molecule has 2 aromatic rings. The van der Waals surface area contributed by atoms with Crippen molar-refractivity contribution in [3.63, 3.8) is 0 Å². The SMILES string of the molecule is O=C(CCc1nc(-c2ccccn2)no1)N1CCO[C@H]2CCC[C@H]21. The van der Waals surface area contributed by atoms with Crippen molar-refractivity contribution >= 4 is 5.91 Å². The van der Waals surface area contributed by atoms with Crippen molar-refractivity contribution < 1.29 is 14.1 Å². The molecule has 7 nitrogen and oxygen atoms in total. The van der Waals surface area contributed by atoms with Gasteiger partial charge in [-0.05, 0) is 31.4 Å². The van der Waals surface area contributed by atoms with Crippen LogP contribution >= 0.6 is 0 Å². The quantitative estimate of drug-likeness (QED) is 0.852. The molecule has 1 amide bonds. The zero-order valence-corrected chi connectivity index (χ0v) is 13.4. The van der Waals surface area contributed by atoms with Gasteiger partial charge in [-0.25, -0.2) is 0 Å². The second kappa shape index (κ2) is 6.68. The molecule has 0 bridgehead atoms. The molecule has 0 spiro atoms. The van der Waals surface area contributed by atoms with Crippen LogP contribution in [-0.2, 0) is 16.0 Å². The minimum atomic E-state index is 0.146. The predicted molar refractivity (Wildman–Crippen MR) is 84.9 cm³/mol. The Morgan fingerprint density at radius 3 is 3.17 bits per heavy atom.